The summed E-state index contributed by atoms with van der Waals surface area (Å²) in [4.78, 5) is 20.9. The van der Waals surface area contributed by atoms with Crippen molar-refractivity contribution in [1.29, 1.82) is 0 Å². The quantitative estimate of drug-likeness (QED) is 0.444. The summed E-state index contributed by atoms with van der Waals surface area (Å²) in [5, 5.41) is 0.836. The molecule has 0 aliphatic carbocycles. The highest BCUT2D eigenvalue weighted by Crippen LogP contribution is 2.38. The number of aromatic nitrogens is 2. The molecule has 158 valence electrons. The van der Waals surface area contributed by atoms with E-state index in [1.54, 1.807) is 59.8 Å². The Kier molecular flexibility index (Phi) is 5.67. The van der Waals surface area contributed by atoms with E-state index in [4.69, 9.17) is 17.3 Å². The summed E-state index contributed by atoms with van der Waals surface area (Å²) in [5.74, 6) is -0.326. The van der Waals surface area contributed by atoms with Gasteiger partial charge in [0.15, 0.2) is 0 Å². The van der Waals surface area contributed by atoms with Gasteiger partial charge in [0.25, 0.3) is 0 Å². The van der Waals surface area contributed by atoms with Gasteiger partial charge in [0.1, 0.15) is 10.7 Å². The van der Waals surface area contributed by atoms with Crippen LogP contribution in [0.3, 0.4) is 0 Å². The van der Waals surface area contributed by atoms with Crippen LogP contribution >= 0.6 is 11.6 Å². The van der Waals surface area contributed by atoms with Crippen LogP contribution in [0.25, 0.3) is 10.9 Å². The Morgan fingerprint density at radius 1 is 1.10 bits per heavy atom. The van der Waals surface area contributed by atoms with Crippen LogP contribution in [-0.4, -0.2) is 30.8 Å². The number of benzene rings is 2. The number of amides is 1. The molecule has 2 aromatic carbocycles. The predicted molar refractivity (Wildman–Crippen MR) is 120 cm³/mol. The third-order valence-electron chi connectivity index (χ3n) is 4.78. The lowest BCUT2D eigenvalue weighted by atomic mass is 10.2. The highest BCUT2D eigenvalue weighted by atomic mass is 35.5. The minimum Gasteiger partial charge on any atom is -0.368 e. The Hall–Kier alpha value is -3.36. The van der Waals surface area contributed by atoms with Crippen molar-refractivity contribution in [1.82, 2.24) is 9.97 Å². The number of nitrogens with one attached hydrogen (secondary N) is 1. The molecule has 1 amide bonds. The Morgan fingerprint density at radius 2 is 1.87 bits per heavy atom. The van der Waals surface area contributed by atoms with Crippen LogP contribution in [0.5, 0.6) is 0 Å². The lowest BCUT2D eigenvalue weighted by Gasteiger charge is -2.23. The molecule has 7 nitrogen and oxygen atoms in total. The van der Waals surface area contributed by atoms with Crippen LogP contribution in [0.1, 0.15) is 5.56 Å². The Balaban J connectivity index is 1.96. The molecule has 0 atom stereocenters. The third-order valence-corrected chi connectivity index (χ3v) is 6.85. The van der Waals surface area contributed by atoms with E-state index in [0.29, 0.717) is 15.9 Å². The van der Waals surface area contributed by atoms with Gasteiger partial charge < -0.3 is 15.6 Å². The van der Waals surface area contributed by atoms with Crippen molar-refractivity contribution in [2.24, 2.45) is 5.73 Å². The van der Waals surface area contributed by atoms with Gasteiger partial charge in [-0.15, -0.1) is 0 Å². The predicted octanol–water partition coefficient (Wildman–Crippen LogP) is 3.54. The van der Waals surface area contributed by atoms with Crippen molar-refractivity contribution >= 4 is 44.1 Å². The van der Waals surface area contributed by atoms with Gasteiger partial charge in [-0.05, 0) is 42.0 Å². The van der Waals surface area contributed by atoms with Gasteiger partial charge in [-0.25, -0.2) is 8.42 Å². The third kappa shape index (κ3) is 4.26. The zero-order valence-corrected chi connectivity index (χ0v) is 17.9. The first-order valence-electron chi connectivity index (χ1n) is 9.40. The SMILES string of the molecule is NC(=O)CN(Cc1cccnc1)c1[nH]c2ccc(Cl)cc2c1S(=O)(=O)c1ccccc1. The number of carbonyl (C=O) groups excluding carboxylic acids is 1. The molecule has 0 aliphatic heterocycles. The van der Waals surface area contributed by atoms with Crippen molar-refractivity contribution in [3.63, 3.8) is 0 Å². The molecule has 4 aromatic rings. The second kappa shape index (κ2) is 8.41. The van der Waals surface area contributed by atoms with E-state index >= 15 is 0 Å². The molecule has 0 unspecified atom stereocenters. The smallest absolute Gasteiger partial charge is 0.237 e. The van der Waals surface area contributed by atoms with E-state index in [1.165, 1.54) is 12.1 Å². The molecular formula is C22H19ClN4O3S. The van der Waals surface area contributed by atoms with E-state index in [2.05, 4.69) is 9.97 Å². The molecule has 31 heavy (non-hydrogen) atoms. The zero-order valence-electron chi connectivity index (χ0n) is 16.3. The highest BCUT2D eigenvalue weighted by Gasteiger charge is 2.30. The molecule has 0 fully saturated rings. The van der Waals surface area contributed by atoms with Gasteiger partial charge in [-0.2, -0.15) is 0 Å². The first-order chi connectivity index (χ1) is 14.9. The monoisotopic (exact) mass is 454 g/mol. The fraction of sp³-hybridized carbons (Fsp3) is 0.0909. The van der Waals surface area contributed by atoms with Crippen LogP contribution in [0.15, 0.2) is 82.8 Å². The van der Waals surface area contributed by atoms with E-state index in [9.17, 15) is 13.2 Å². The average molecular weight is 455 g/mol. The average Bonchev–Trinajstić information content (AvgIpc) is 3.14. The van der Waals surface area contributed by atoms with Gasteiger partial charge in [0.05, 0.1) is 11.4 Å². The summed E-state index contributed by atoms with van der Waals surface area (Å²) in [7, 11) is -3.94. The summed E-state index contributed by atoms with van der Waals surface area (Å²) in [5.41, 5.74) is 6.87. The standard InChI is InChI=1S/C22H19ClN4O3S/c23-16-8-9-19-18(11-16)21(31(29,30)17-6-2-1-3-7-17)22(26-19)27(14-20(24)28)13-15-5-4-10-25-12-15/h1-12,26H,13-14H2,(H2,24,28). The Morgan fingerprint density at radius 3 is 2.55 bits per heavy atom. The van der Waals surface area contributed by atoms with Crippen LogP contribution < -0.4 is 10.6 Å². The zero-order chi connectivity index (χ0) is 22.0. The first kappa shape index (κ1) is 20.9. The van der Waals surface area contributed by atoms with Gasteiger partial charge in [0, 0.05) is 34.9 Å². The molecule has 0 spiro atoms. The lowest BCUT2D eigenvalue weighted by Crippen LogP contribution is -2.34. The van der Waals surface area contributed by atoms with Crippen LogP contribution in [0, 0.1) is 0 Å². The topological polar surface area (TPSA) is 109 Å². The van der Waals surface area contributed by atoms with Crippen LogP contribution in [0.2, 0.25) is 5.02 Å². The number of fused-ring (bicyclic) bond motifs is 1. The molecule has 9 heteroatoms. The second-order valence-electron chi connectivity index (χ2n) is 6.99. The second-order valence-corrected chi connectivity index (χ2v) is 9.32. The summed E-state index contributed by atoms with van der Waals surface area (Å²) in [6, 6.07) is 16.7. The van der Waals surface area contributed by atoms with Gasteiger partial charge in [-0.3, -0.25) is 9.78 Å². The number of hydrogen-bond acceptors (Lipinski definition) is 5. The molecular weight excluding hydrogens is 436 g/mol. The number of hydrogen-bond donors (Lipinski definition) is 2. The molecule has 0 bridgehead atoms. The van der Waals surface area contributed by atoms with Crippen molar-refractivity contribution in [3.8, 4) is 0 Å². The van der Waals surface area contributed by atoms with Crippen molar-refractivity contribution < 1.29 is 13.2 Å². The summed E-state index contributed by atoms with van der Waals surface area (Å²) < 4.78 is 27.3. The van der Waals surface area contributed by atoms with Crippen molar-refractivity contribution in [2.75, 3.05) is 11.4 Å². The first-order valence-corrected chi connectivity index (χ1v) is 11.3. The Bertz CT molecular complexity index is 1340. The molecule has 0 saturated heterocycles. The number of primary amides is 1. The number of anilines is 1. The number of aromatic amines is 1. The maximum Gasteiger partial charge on any atom is 0.237 e. The maximum absolute atomic E-state index is 13.7. The number of halogens is 1. The molecule has 2 heterocycles. The molecule has 4 rings (SSSR count). The number of nitrogens with two attached hydrogens (primary N) is 1. The number of H-pyrrole nitrogens is 1. The molecule has 2 aromatic heterocycles. The number of sulfone groups is 1. The summed E-state index contributed by atoms with van der Waals surface area (Å²) >= 11 is 6.18. The van der Waals surface area contributed by atoms with E-state index in [0.717, 1.165) is 5.56 Å². The molecule has 3 N–H and O–H groups in total. The molecule has 0 aliphatic rings. The number of rotatable bonds is 7. The van der Waals surface area contributed by atoms with Gasteiger partial charge in [-0.1, -0.05) is 35.9 Å². The molecule has 0 radical (unpaired) electrons. The number of carbonyl (C=O) groups is 1. The van der Waals surface area contributed by atoms with E-state index in [-0.39, 0.29) is 28.7 Å². The van der Waals surface area contributed by atoms with Crippen LogP contribution in [-0.2, 0) is 21.2 Å². The van der Waals surface area contributed by atoms with E-state index < -0.39 is 15.7 Å². The fourth-order valence-corrected chi connectivity index (χ4v) is 5.27. The van der Waals surface area contributed by atoms with E-state index in [1.807, 2.05) is 6.07 Å². The van der Waals surface area contributed by atoms with Gasteiger partial charge in [0.2, 0.25) is 15.7 Å². The van der Waals surface area contributed by atoms with Crippen molar-refractivity contribution in [2.45, 2.75) is 16.3 Å². The largest absolute Gasteiger partial charge is 0.368 e. The summed E-state index contributed by atoms with van der Waals surface area (Å²) in [6.45, 7) is 0.0431. The fourth-order valence-electron chi connectivity index (χ4n) is 3.45. The molecule has 0 saturated carbocycles. The maximum atomic E-state index is 13.7. The minimum atomic E-state index is -3.94. The minimum absolute atomic E-state index is 0.0429. The van der Waals surface area contributed by atoms with Gasteiger partial charge >= 0.3 is 0 Å². The van der Waals surface area contributed by atoms with Crippen LogP contribution in [0.4, 0.5) is 5.82 Å². The Labute approximate surface area is 184 Å². The highest BCUT2D eigenvalue weighted by molar-refractivity contribution is 7.92. The number of pyridine rings is 1. The summed E-state index contributed by atoms with van der Waals surface area (Å²) in [6.07, 6.45) is 3.29. The normalized spacial score (nSPS) is 11.5. The lowest BCUT2D eigenvalue weighted by molar-refractivity contribution is -0.116. The number of nitrogens with zero attached hydrogens (tertiary/aromatic N) is 2. The van der Waals surface area contributed by atoms with Crippen molar-refractivity contribution in [3.05, 3.63) is 83.6 Å².